The minimum Gasteiger partial charge on any atom is -0.393 e. The van der Waals surface area contributed by atoms with Gasteiger partial charge >= 0.3 is 0 Å². The Morgan fingerprint density at radius 2 is 2.32 bits per heavy atom. The van der Waals surface area contributed by atoms with Gasteiger partial charge in [-0.1, -0.05) is 13.3 Å². The van der Waals surface area contributed by atoms with Crippen molar-refractivity contribution in [2.75, 3.05) is 12.3 Å². The van der Waals surface area contributed by atoms with E-state index in [2.05, 4.69) is 0 Å². The van der Waals surface area contributed by atoms with Gasteiger partial charge in [-0.05, 0) is 43.1 Å². The van der Waals surface area contributed by atoms with Crippen molar-refractivity contribution >= 4 is 21.7 Å². The number of rotatable bonds is 7. The van der Waals surface area contributed by atoms with E-state index in [0.717, 1.165) is 57.9 Å². The predicted molar refractivity (Wildman–Crippen MR) is 83.6 cm³/mol. The Morgan fingerprint density at radius 1 is 1.47 bits per heavy atom. The third-order valence-corrected chi connectivity index (χ3v) is 7.32. The summed E-state index contributed by atoms with van der Waals surface area (Å²) < 4.78 is 0. The van der Waals surface area contributed by atoms with Gasteiger partial charge in [0.2, 0.25) is 0 Å². The van der Waals surface area contributed by atoms with E-state index < -0.39 is 0 Å². The third-order valence-electron chi connectivity index (χ3n) is 4.29. The van der Waals surface area contributed by atoms with Gasteiger partial charge < -0.3 is 5.11 Å². The Morgan fingerprint density at radius 3 is 3.00 bits per heavy atom. The zero-order chi connectivity index (χ0) is 13.7. The fraction of sp³-hybridized carbons (Fsp3) is 0.867. The molecule has 1 heterocycles. The molecule has 4 heteroatoms. The highest BCUT2D eigenvalue weighted by atomic mass is 32.2. The molecule has 3 unspecified atom stereocenters. The van der Waals surface area contributed by atoms with Gasteiger partial charge in [-0.25, -0.2) is 10.9 Å². The fourth-order valence-corrected chi connectivity index (χ4v) is 6.00. The van der Waals surface area contributed by atoms with Crippen LogP contribution in [0.25, 0.3) is 0 Å². The van der Waals surface area contributed by atoms with E-state index in [4.69, 9.17) is 4.99 Å². The predicted octanol–water partition coefficient (Wildman–Crippen LogP) is 2.85. The standard InChI is InChI=1S/C15H27NO2S/c1-2-12(17)5-3-4-6-15-16-9-10-19(15)14-8-7-13(18)11-14/h12,14,17,19H,2-11H2,1H3. The zero-order valence-corrected chi connectivity index (χ0v) is 12.9. The van der Waals surface area contributed by atoms with Gasteiger partial charge in [-0.2, -0.15) is 0 Å². The van der Waals surface area contributed by atoms with Crippen molar-refractivity contribution in [2.24, 2.45) is 4.99 Å². The van der Waals surface area contributed by atoms with Crippen molar-refractivity contribution in [3.8, 4) is 0 Å². The number of unbranched alkanes of at least 4 members (excludes halogenated alkanes) is 1. The van der Waals surface area contributed by atoms with E-state index in [-0.39, 0.29) is 17.0 Å². The van der Waals surface area contributed by atoms with Crippen LogP contribution in [0.2, 0.25) is 0 Å². The van der Waals surface area contributed by atoms with Gasteiger partial charge in [-0.3, -0.25) is 9.79 Å². The molecule has 0 amide bonds. The van der Waals surface area contributed by atoms with E-state index in [1.807, 2.05) is 6.92 Å². The lowest BCUT2D eigenvalue weighted by molar-refractivity contribution is -0.117. The maximum atomic E-state index is 11.4. The average Bonchev–Trinajstić information content (AvgIpc) is 3.02. The first-order valence-corrected chi connectivity index (χ1v) is 9.30. The number of carbonyl (C=O) groups excluding carboxylic acids is 1. The highest BCUT2D eigenvalue weighted by molar-refractivity contribution is 8.30. The molecule has 3 atom stereocenters. The second-order valence-electron chi connectivity index (χ2n) is 5.73. The SMILES string of the molecule is CCC(O)CCCCC1=NCC[SH]1C1CCC(=O)C1. The van der Waals surface area contributed by atoms with E-state index in [1.165, 1.54) is 10.8 Å². The lowest BCUT2D eigenvalue weighted by Crippen LogP contribution is -2.11. The van der Waals surface area contributed by atoms with Gasteiger partial charge in [-0.15, -0.1) is 0 Å². The highest BCUT2D eigenvalue weighted by Crippen LogP contribution is 2.45. The molecular formula is C15H27NO2S. The molecule has 0 radical (unpaired) electrons. The van der Waals surface area contributed by atoms with E-state index in [0.29, 0.717) is 11.0 Å². The first-order chi connectivity index (χ1) is 9.20. The summed E-state index contributed by atoms with van der Waals surface area (Å²) in [5.74, 6) is 1.69. The third kappa shape index (κ3) is 4.32. The molecule has 19 heavy (non-hydrogen) atoms. The lowest BCUT2D eigenvalue weighted by atomic mass is 10.1. The maximum Gasteiger partial charge on any atom is 0.134 e. The Hall–Kier alpha value is -0.350. The molecule has 1 N–H and O–H groups in total. The Kier molecular flexibility index (Phi) is 5.89. The number of hydrogen-bond acceptors (Lipinski definition) is 3. The summed E-state index contributed by atoms with van der Waals surface area (Å²) >= 11 is 0. The van der Waals surface area contributed by atoms with E-state index in [9.17, 15) is 9.90 Å². The van der Waals surface area contributed by atoms with Crippen LogP contribution in [-0.4, -0.2) is 39.6 Å². The molecule has 0 aromatic carbocycles. The number of carbonyl (C=O) groups is 1. The molecule has 0 aromatic rings. The molecule has 1 saturated carbocycles. The smallest absolute Gasteiger partial charge is 0.134 e. The monoisotopic (exact) mass is 285 g/mol. The van der Waals surface area contributed by atoms with Crippen molar-refractivity contribution in [1.29, 1.82) is 0 Å². The molecule has 0 saturated heterocycles. The maximum absolute atomic E-state index is 11.4. The van der Waals surface area contributed by atoms with Gasteiger partial charge in [0.05, 0.1) is 6.10 Å². The molecule has 1 aliphatic carbocycles. The molecule has 0 spiro atoms. The minimum absolute atomic E-state index is 0.105. The molecule has 2 rings (SSSR count). The number of hydrogen-bond donors (Lipinski definition) is 2. The lowest BCUT2D eigenvalue weighted by Gasteiger charge is -2.24. The van der Waals surface area contributed by atoms with Crippen molar-refractivity contribution in [3.05, 3.63) is 0 Å². The number of aliphatic imine (C=N–C) groups is 1. The second kappa shape index (κ2) is 7.44. The first-order valence-electron chi connectivity index (χ1n) is 7.70. The number of ketones is 1. The summed E-state index contributed by atoms with van der Waals surface area (Å²) in [6.07, 6.45) is 7.74. The summed E-state index contributed by atoms with van der Waals surface area (Å²) in [5.41, 5.74) is 0. The Labute approximate surface area is 119 Å². The van der Waals surface area contributed by atoms with Crippen LogP contribution < -0.4 is 0 Å². The Balaban J connectivity index is 1.72. The van der Waals surface area contributed by atoms with Crippen molar-refractivity contribution < 1.29 is 9.90 Å². The molecular weight excluding hydrogens is 258 g/mol. The minimum atomic E-state index is -0.125. The molecule has 2 aliphatic rings. The number of nitrogens with zero attached hydrogens (tertiary/aromatic N) is 1. The van der Waals surface area contributed by atoms with Gasteiger partial charge in [0.15, 0.2) is 0 Å². The molecule has 0 aromatic heterocycles. The van der Waals surface area contributed by atoms with Crippen LogP contribution in [0.15, 0.2) is 4.99 Å². The highest BCUT2D eigenvalue weighted by Gasteiger charge is 2.31. The van der Waals surface area contributed by atoms with Gasteiger partial charge in [0.25, 0.3) is 0 Å². The molecule has 1 aliphatic heterocycles. The first kappa shape index (κ1) is 15.0. The van der Waals surface area contributed by atoms with E-state index >= 15 is 0 Å². The molecule has 3 nitrogen and oxygen atoms in total. The van der Waals surface area contributed by atoms with E-state index in [1.54, 1.807) is 0 Å². The summed E-state index contributed by atoms with van der Waals surface area (Å²) in [6, 6.07) is 0. The molecule has 110 valence electrons. The number of Topliss-reactive ketones (excluding diaryl/α,β-unsaturated/α-hetero) is 1. The zero-order valence-electron chi connectivity index (χ0n) is 12.0. The quantitative estimate of drug-likeness (QED) is 0.558. The van der Waals surface area contributed by atoms with Crippen LogP contribution >= 0.6 is 10.9 Å². The van der Waals surface area contributed by atoms with Crippen molar-refractivity contribution in [1.82, 2.24) is 0 Å². The van der Waals surface area contributed by atoms with Crippen LogP contribution in [0, 0.1) is 0 Å². The van der Waals surface area contributed by atoms with Crippen LogP contribution in [0.3, 0.4) is 0 Å². The number of thiol groups is 1. The molecule has 0 bridgehead atoms. The van der Waals surface area contributed by atoms with Gasteiger partial charge in [0.1, 0.15) is 5.78 Å². The van der Waals surface area contributed by atoms with Crippen LogP contribution in [0.1, 0.15) is 58.3 Å². The van der Waals surface area contributed by atoms with Crippen molar-refractivity contribution in [3.63, 3.8) is 0 Å². The average molecular weight is 285 g/mol. The summed E-state index contributed by atoms with van der Waals surface area (Å²) in [6.45, 7) is 3.02. The van der Waals surface area contributed by atoms with Crippen LogP contribution in [0.5, 0.6) is 0 Å². The normalized spacial score (nSPS) is 30.6. The van der Waals surface area contributed by atoms with Crippen LogP contribution in [-0.2, 0) is 4.79 Å². The second-order valence-corrected chi connectivity index (χ2v) is 8.37. The van der Waals surface area contributed by atoms with Gasteiger partial charge in [0, 0.05) is 24.4 Å². The largest absolute Gasteiger partial charge is 0.393 e. The topological polar surface area (TPSA) is 49.7 Å². The van der Waals surface area contributed by atoms with Crippen LogP contribution in [0.4, 0.5) is 0 Å². The summed E-state index contributed by atoms with van der Waals surface area (Å²) in [4.78, 5) is 16.1. The summed E-state index contributed by atoms with van der Waals surface area (Å²) in [5, 5.41) is 11.6. The summed E-state index contributed by atoms with van der Waals surface area (Å²) in [7, 11) is -0.105. The Bertz CT molecular complexity index is 343. The number of aliphatic hydroxyl groups is 1. The molecule has 1 fully saturated rings. The van der Waals surface area contributed by atoms with Crippen molar-refractivity contribution in [2.45, 2.75) is 69.6 Å². The fourth-order valence-electron chi connectivity index (χ4n) is 3.05. The number of aliphatic hydroxyl groups excluding tert-OH is 1.